The van der Waals surface area contributed by atoms with Gasteiger partial charge in [-0.3, -0.25) is 43.2 Å². The lowest BCUT2D eigenvalue weighted by atomic mass is 9.94. The Labute approximate surface area is 445 Å². The van der Waals surface area contributed by atoms with Crippen LogP contribution in [0.2, 0.25) is 0 Å². The zero-order valence-corrected chi connectivity index (χ0v) is 44.3. The summed E-state index contributed by atoms with van der Waals surface area (Å²) in [7, 11) is 0. The Hall–Kier alpha value is -6.46. The predicted octanol–water partition coefficient (Wildman–Crippen LogP) is -5.32. The van der Waals surface area contributed by atoms with Crippen LogP contribution in [0.25, 0.3) is 0 Å². The largest absolute Gasteiger partial charge is 0.394 e. The van der Waals surface area contributed by atoms with Gasteiger partial charge in [-0.2, -0.15) is 0 Å². The van der Waals surface area contributed by atoms with Crippen LogP contribution < -0.4 is 70.4 Å². The van der Waals surface area contributed by atoms with Gasteiger partial charge < -0.3 is 90.5 Å². The summed E-state index contributed by atoms with van der Waals surface area (Å²) in [5.74, 6) is -8.57. The van der Waals surface area contributed by atoms with Crippen LogP contribution in [0.3, 0.4) is 0 Å². The number of aliphatic hydroxyl groups is 3. The minimum absolute atomic E-state index is 0.0440. The van der Waals surface area contributed by atoms with E-state index in [0.29, 0.717) is 11.8 Å². The zero-order valence-electron chi connectivity index (χ0n) is 43.5. The van der Waals surface area contributed by atoms with Crippen LogP contribution in [0.1, 0.15) is 80.6 Å². The molecule has 1 aromatic carbocycles. The Morgan fingerprint density at radius 1 is 0.789 bits per heavy atom. The van der Waals surface area contributed by atoms with Crippen molar-refractivity contribution < 1.29 is 63.3 Å². The van der Waals surface area contributed by atoms with Crippen molar-refractivity contribution in [2.75, 3.05) is 39.3 Å². The molecule has 27 heteroatoms. The molecule has 0 saturated carbocycles. The summed E-state index contributed by atoms with van der Waals surface area (Å²) < 4.78 is 0. The molecule has 0 radical (unpaired) electrons. The average Bonchev–Trinajstić information content (AvgIpc) is 3.82. The number of aldehydes is 1. The van der Waals surface area contributed by atoms with Gasteiger partial charge in [0.15, 0.2) is 0 Å². The Kier molecular flexibility index (Phi) is 26.5. The highest BCUT2D eigenvalue weighted by atomic mass is 32.1. The van der Waals surface area contributed by atoms with Gasteiger partial charge in [0.25, 0.3) is 5.91 Å². The number of rotatable bonds is 20. The molecule has 11 atom stereocenters. The van der Waals surface area contributed by atoms with Crippen molar-refractivity contribution in [3.8, 4) is 0 Å². The zero-order chi connectivity index (χ0) is 56.7. The third-order valence-electron chi connectivity index (χ3n) is 12.2. The molecular weight excluding hydrogens is 1010 g/mol. The van der Waals surface area contributed by atoms with Gasteiger partial charge in [-0.1, -0.05) is 44.2 Å². The van der Waals surface area contributed by atoms with Gasteiger partial charge in [0.05, 0.1) is 29.7 Å². The fourth-order valence-corrected chi connectivity index (χ4v) is 8.80. The molecule has 9 amide bonds. The summed E-state index contributed by atoms with van der Waals surface area (Å²) in [6, 6.07) is -2.09. The molecule has 26 nitrogen and oxygen atoms in total. The van der Waals surface area contributed by atoms with Crippen LogP contribution in [0.5, 0.6) is 0 Å². The van der Waals surface area contributed by atoms with E-state index in [1.807, 2.05) is 0 Å². The van der Waals surface area contributed by atoms with E-state index in [1.165, 1.54) is 13.8 Å². The van der Waals surface area contributed by atoms with E-state index in [0.717, 1.165) is 16.9 Å². The van der Waals surface area contributed by atoms with Gasteiger partial charge in [-0.25, -0.2) is 0 Å². The van der Waals surface area contributed by atoms with Crippen LogP contribution in [0.4, 0.5) is 0 Å². The Balaban J connectivity index is 2.11. The van der Waals surface area contributed by atoms with Gasteiger partial charge in [0, 0.05) is 19.5 Å². The molecule has 3 rings (SSSR count). The highest BCUT2D eigenvalue weighted by Crippen LogP contribution is 2.15. The van der Waals surface area contributed by atoms with Crippen molar-refractivity contribution in [3.05, 3.63) is 57.8 Å². The lowest BCUT2D eigenvalue weighted by Gasteiger charge is -2.34. The smallest absolute Gasteiger partial charge is 0.262 e. The summed E-state index contributed by atoms with van der Waals surface area (Å²) in [6.45, 7) is 5.46. The molecule has 0 aliphatic carbocycles. The molecule has 76 heavy (non-hydrogen) atoms. The van der Waals surface area contributed by atoms with E-state index in [-0.39, 0.29) is 69.1 Å². The molecule has 1 aliphatic rings. The molecule has 1 aromatic heterocycles. The van der Waals surface area contributed by atoms with Crippen molar-refractivity contribution >= 4 is 70.8 Å². The summed E-state index contributed by atoms with van der Waals surface area (Å²) in [5.41, 5.74) is 17.3. The SMILES string of the molecule is Cc1csc(C(=O)N[C@H](C(=O)N[C@H](CO)C(=O)N[C@H]2CCNC(=O)[C@H]([C@@H](C)O)NC(=O)[C@H](CCN)NC[C@](C=O)(CCN)NC(=O)[C@H](CC(C)C)NC(=O)[C@@H](Cc3ccccc3)NC(=O)[C@H](CCN)NC2=O)[C@@H](C)O)c1. The van der Waals surface area contributed by atoms with E-state index in [2.05, 4.69) is 53.2 Å². The highest BCUT2D eigenvalue weighted by molar-refractivity contribution is 7.12. The average molecular weight is 1090 g/mol. The van der Waals surface area contributed by atoms with Crippen molar-refractivity contribution in [2.45, 2.75) is 139 Å². The maximum Gasteiger partial charge on any atom is 0.262 e. The number of benzene rings is 1. The molecule has 0 unspecified atom stereocenters. The number of carbonyl (C=O) groups is 10. The fraction of sp³-hybridized carbons (Fsp3) is 0.592. The number of thiophene rings is 1. The van der Waals surface area contributed by atoms with Gasteiger partial charge in [0.1, 0.15) is 54.1 Å². The van der Waals surface area contributed by atoms with Crippen molar-refractivity contribution in [1.82, 2.24) is 53.2 Å². The monoisotopic (exact) mass is 1090 g/mol. The molecule has 1 aliphatic heterocycles. The second-order valence-electron chi connectivity index (χ2n) is 19.2. The van der Waals surface area contributed by atoms with Crippen molar-refractivity contribution in [3.63, 3.8) is 0 Å². The van der Waals surface area contributed by atoms with Crippen LogP contribution >= 0.6 is 11.3 Å². The third kappa shape index (κ3) is 19.9. The molecule has 2 heterocycles. The second-order valence-corrected chi connectivity index (χ2v) is 20.1. The lowest BCUT2D eigenvalue weighted by molar-refractivity contribution is -0.136. The second kappa shape index (κ2) is 31.6. The number of nitrogens with two attached hydrogens (primary N) is 3. The molecule has 2 aromatic rings. The number of nitrogens with one attached hydrogen (secondary N) is 10. The molecule has 19 N–H and O–H groups in total. The first-order chi connectivity index (χ1) is 36.0. The van der Waals surface area contributed by atoms with E-state index in [1.54, 1.807) is 62.5 Å². The topological polar surface area (TPSA) is 430 Å². The number of carbonyl (C=O) groups excluding carboxylic acids is 10. The van der Waals surface area contributed by atoms with Gasteiger partial charge in [0.2, 0.25) is 47.3 Å². The standard InChI is InChI=1S/C49H77N13O13S/c1-26(2)19-34-45(72)62-49(25-64,14-17-52)24-54-31(11-15-50)40(67)60-38(28(4)65)47(74)53-18-13-33(42(69)55-32(12-16-51)41(68)58-35(43(70)57-34)21-30-9-7-6-8-10-30)56-44(71)36(22-63)59-48(75)39(29(5)66)61-46(73)37-20-27(3)23-76-37/h6-10,20,23,25-26,28-29,31-36,38-39,54,63,65-66H,11-19,21-22,24,50-52H2,1-5H3,(H,53,74)(H,55,69)(H,56,71)(H,57,70)(H,58,68)(H,59,75)(H,60,67)(H,61,73)(H,62,72)/t28-,29-,31+,32+,33+,34+,35-,36-,38+,39+,49+/m1/s1. The first-order valence-corrected chi connectivity index (χ1v) is 26.0. The number of hydrogen-bond donors (Lipinski definition) is 16. The highest BCUT2D eigenvalue weighted by Gasteiger charge is 2.39. The third-order valence-corrected chi connectivity index (χ3v) is 13.3. The molecule has 422 valence electrons. The van der Waals surface area contributed by atoms with E-state index in [4.69, 9.17) is 17.2 Å². The number of amides is 9. The maximum absolute atomic E-state index is 14.4. The summed E-state index contributed by atoms with van der Waals surface area (Å²) in [6.07, 6.45) is -3.56. The van der Waals surface area contributed by atoms with Crippen LogP contribution in [-0.2, 0) is 49.6 Å². The summed E-state index contributed by atoms with van der Waals surface area (Å²) in [5, 5.41) is 58.8. The minimum Gasteiger partial charge on any atom is -0.394 e. The summed E-state index contributed by atoms with van der Waals surface area (Å²) >= 11 is 1.09. The van der Waals surface area contributed by atoms with Crippen LogP contribution in [0.15, 0.2) is 41.8 Å². The van der Waals surface area contributed by atoms with E-state index in [9.17, 15) is 63.3 Å². The Bertz CT molecular complexity index is 2290. The molecule has 0 spiro atoms. The Morgan fingerprint density at radius 3 is 1.97 bits per heavy atom. The lowest BCUT2D eigenvalue weighted by Crippen LogP contribution is -2.64. The first-order valence-electron chi connectivity index (χ1n) is 25.1. The first kappa shape index (κ1) is 63.8. The molecular formula is C49H77N13O13S. The fourth-order valence-electron chi connectivity index (χ4n) is 8.00. The number of aryl methyl sites for hydroxylation is 1. The maximum atomic E-state index is 14.4. The van der Waals surface area contributed by atoms with Crippen molar-refractivity contribution in [1.29, 1.82) is 0 Å². The van der Waals surface area contributed by atoms with Gasteiger partial charge in [-0.05, 0) is 101 Å². The van der Waals surface area contributed by atoms with Crippen molar-refractivity contribution in [2.24, 2.45) is 23.1 Å². The molecule has 0 bridgehead atoms. The van der Waals surface area contributed by atoms with E-state index < -0.39 is 139 Å². The quantitative estimate of drug-likeness (QED) is 0.0551. The van der Waals surface area contributed by atoms with Gasteiger partial charge >= 0.3 is 0 Å². The number of aliphatic hydroxyl groups excluding tert-OH is 3. The normalized spacial score (nSPS) is 24.4. The number of hydrogen-bond acceptors (Lipinski definition) is 18. The molecule has 1 fully saturated rings. The molecule has 1 saturated heterocycles. The van der Waals surface area contributed by atoms with E-state index >= 15 is 0 Å². The van der Waals surface area contributed by atoms with Crippen LogP contribution in [0, 0.1) is 12.8 Å². The van der Waals surface area contributed by atoms with Gasteiger partial charge in [-0.15, -0.1) is 11.3 Å². The summed E-state index contributed by atoms with van der Waals surface area (Å²) in [4.78, 5) is 138. The predicted molar refractivity (Wildman–Crippen MR) is 279 cm³/mol. The minimum atomic E-state index is -1.81. The van der Waals surface area contributed by atoms with Crippen LogP contribution in [-0.4, -0.2) is 180 Å². The Morgan fingerprint density at radius 2 is 1.41 bits per heavy atom.